The molecule has 0 atom stereocenters. The number of rotatable bonds is 11. The molecule has 2 aromatic carbocycles. The standard InChI is InChI=1S/C26H31N3OS/c1-3-16-29(19-21-8-6-5-7-9-21)20-22-10-12-23(13-11-22)28-26(30)17-24-14-15-25(18-27-24)31-4-2/h5-15,18H,3-4,16-17,19-20H2,1-2H3,(H,28,30). The summed E-state index contributed by atoms with van der Waals surface area (Å²) in [7, 11) is 0. The summed E-state index contributed by atoms with van der Waals surface area (Å²) in [5, 5.41) is 2.98. The zero-order chi connectivity index (χ0) is 21.9. The largest absolute Gasteiger partial charge is 0.326 e. The summed E-state index contributed by atoms with van der Waals surface area (Å²) < 4.78 is 0. The van der Waals surface area contributed by atoms with Gasteiger partial charge in [-0.05, 0) is 54.1 Å². The molecule has 0 aliphatic carbocycles. The number of amides is 1. The number of hydrogen-bond acceptors (Lipinski definition) is 4. The minimum atomic E-state index is -0.0483. The molecule has 31 heavy (non-hydrogen) atoms. The van der Waals surface area contributed by atoms with E-state index in [1.807, 2.05) is 30.5 Å². The van der Waals surface area contributed by atoms with Crippen LogP contribution in [-0.4, -0.2) is 28.1 Å². The van der Waals surface area contributed by atoms with Crippen LogP contribution in [0, 0.1) is 0 Å². The molecule has 0 bridgehead atoms. The van der Waals surface area contributed by atoms with E-state index in [-0.39, 0.29) is 12.3 Å². The van der Waals surface area contributed by atoms with Crippen LogP contribution in [0.15, 0.2) is 77.8 Å². The van der Waals surface area contributed by atoms with Crippen LogP contribution in [-0.2, 0) is 24.3 Å². The highest BCUT2D eigenvalue weighted by atomic mass is 32.2. The van der Waals surface area contributed by atoms with Gasteiger partial charge >= 0.3 is 0 Å². The van der Waals surface area contributed by atoms with E-state index in [0.29, 0.717) is 0 Å². The molecule has 3 rings (SSSR count). The molecule has 0 saturated carbocycles. The van der Waals surface area contributed by atoms with Gasteiger partial charge in [0.1, 0.15) is 0 Å². The number of carbonyl (C=O) groups is 1. The normalized spacial score (nSPS) is 10.9. The monoisotopic (exact) mass is 433 g/mol. The van der Waals surface area contributed by atoms with E-state index in [2.05, 4.69) is 71.5 Å². The molecule has 0 fully saturated rings. The second-order valence-electron chi connectivity index (χ2n) is 7.54. The Hall–Kier alpha value is -2.63. The van der Waals surface area contributed by atoms with Crippen molar-refractivity contribution in [2.24, 2.45) is 0 Å². The molecule has 1 heterocycles. The van der Waals surface area contributed by atoms with Gasteiger partial charge in [-0.2, -0.15) is 0 Å². The summed E-state index contributed by atoms with van der Waals surface area (Å²) in [6.45, 7) is 7.21. The first-order valence-electron chi connectivity index (χ1n) is 10.9. The third kappa shape index (κ3) is 7.85. The van der Waals surface area contributed by atoms with Crippen LogP contribution in [0.4, 0.5) is 5.69 Å². The average molecular weight is 434 g/mol. The van der Waals surface area contributed by atoms with Gasteiger partial charge in [-0.25, -0.2) is 0 Å². The fraction of sp³-hybridized carbons (Fsp3) is 0.308. The van der Waals surface area contributed by atoms with Crippen molar-refractivity contribution in [3.63, 3.8) is 0 Å². The Morgan fingerprint density at radius 2 is 1.65 bits per heavy atom. The third-order valence-electron chi connectivity index (χ3n) is 4.88. The molecule has 0 unspecified atom stereocenters. The van der Waals surface area contributed by atoms with Gasteiger partial charge in [0.15, 0.2) is 0 Å². The summed E-state index contributed by atoms with van der Waals surface area (Å²) in [6, 6.07) is 22.7. The van der Waals surface area contributed by atoms with E-state index in [1.54, 1.807) is 11.8 Å². The predicted octanol–water partition coefficient (Wildman–Crippen LogP) is 5.79. The first kappa shape index (κ1) is 23.0. The Morgan fingerprint density at radius 1 is 0.935 bits per heavy atom. The maximum atomic E-state index is 12.4. The molecule has 1 N–H and O–H groups in total. The second-order valence-corrected chi connectivity index (χ2v) is 8.87. The maximum Gasteiger partial charge on any atom is 0.230 e. The average Bonchev–Trinajstić information content (AvgIpc) is 2.77. The lowest BCUT2D eigenvalue weighted by atomic mass is 10.1. The van der Waals surface area contributed by atoms with Crippen molar-refractivity contribution >= 4 is 23.4 Å². The molecular weight excluding hydrogens is 402 g/mol. The summed E-state index contributed by atoms with van der Waals surface area (Å²) in [6.07, 6.45) is 3.23. The number of nitrogens with zero attached hydrogens (tertiary/aromatic N) is 2. The Balaban J connectivity index is 1.53. The Kier molecular flexibility index (Phi) is 9.13. The number of carbonyl (C=O) groups excluding carboxylic acids is 1. The summed E-state index contributed by atoms with van der Waals surface area (Å²) in [5.74, 6) is 0.966. The molecule has 0 aliphatic heterocycles. The van der Waals surface area contributed by atoms with Gasteiger partial charge in [-0.15, -0.1) is 11.8 Å². The number of benzene rings is 2. The summed E-state index contributed by atoms with van der Waals surface area (Å²) in [5.41, 5.74) is 4.17. The lowest BCUT2D eigenvalue weighted by molar-refractivity contribution is -0.115. The van der Waals surface area contributed by atoms with Crippen molar-refractivity contribution in [2.45, 2.75) is 44.7 Å². The minimum absolute atomic E-state index is 0.0483. The third-order valence-corrected chi connectivity index (χ3v) is 5.75. The van der Waals surface area contributed by atoms with Crippen LogP contribution in [0.1, 0.15) is 37.1 Å². The van der Waals surface area contributed by atoms with E-state index in [0.717, 1.165) is 48.1 Å². The number of thioether (sulfide) groups is 1. The topological polar surface area (TPSA) is 45.2 Å². The van der Waals surface area contributed by atoms with Crippen molar-refractivity contribution in [3.8, 4) is 0 Å². The van der Waals surface area contributed by atoms with E-state index < -0.39 is 0 Å². The lowest BCUT2D eigenvalue weighted by Crippen LogP contribution is -2.23. The van der Waals surface area contributed by atoms with Gasteiger partial charge < -0.3 is 5.32 Å². The van der Waals surface area contributed by atoms with Crippen molar-refractivity contribution in [3.05, 3.63) is 89.7 Å². The Labute approximate surface area is 190 Å². The first-order chi connectivity index (χ1) is 15.2. The summed E-state index contributed by atoms with van der Waals surface area (Å²) in [4.78, 5) is 20.4. The number of aromatic nitrogens is 1. The van der Waals surface area contributed by atoms with E-state index in [1.165, 1.54) is 11.1 Å². The first-order valence-corrected chi connectivity index (χ1v) is 11.9. The highest BCUT2D eigenvalue weighted by Crippen LogP contribution is 2.17. The zero-order valence-electron chi connectivity index (χ0n) is 18.4. The van der Waals surface area contributed by atoms with Gasteiger partial charge in [-0.3, -0.25) is 14.7 Å². The molecule has 0 spiro atoms. The predicted molar refractivity (Wildman–Crippen MR) is 130 cm³/mol. The molecule has 5 heteroatoms. The smallest absolute Gasteiger partial charge is 0.230 e. The van der Waals surface area contributed by atoms with E-state index >= 15 is 0 Å². The Morgan fingerprint density at radius 3 is 2.26 bits per heavy atom. The quantitative estimate of drug-likeness (QED) is 0.389. The number of hydrogen-bond donors (Lipinski definition) is 1. The van der Waals surface area contributed by atoms with Crippen LogP contribution in [0.2, 0.25) is 0 Å². The molecule has 162 valence electrons. The SMILES string of the molecule is CCCN(Cc1ccccc1)Cc1ccc(NC(=O)Cc2ccc(SCC)cn2)cc1. The maximum absolute atomic E-state index is 12.4. The molecule has 1 aromatic heterocycles. The second kappa shape index (κ2) is 12.3. The molecule has 0 radical (unpaired) electrons. The van der Waals surface area contributed by atoms with Gasteiger partial charge in [-0.1, -0.05) is 56.3 Å². The van der Waals surface area contributed by atoms with Crippen molar-refractivity contribution < 1.29 is 4.79 Å². The van der Waals surface area contributed by atoms with Gasteiger partial charge in [0, 0.05) is 35.6 Å². The fourth-order valence-electron chi connectivity index (χ4n) is 3.46. The van der Waals surface area contributed by atoms with Gasteiger partial charge in [0.25, 0.3) is 0 Å². The molecule has 3 aromatic rings. The van der Waals surface area contributed by atoms with Crippen LogP contribution < -0.4 is 5.32 Å². The molecule has 1 amide bonds. The van der Waals surface area contributed by atoms with Gasteiger partial charge in [0.05, 0.1) is 6.42 Å². The zero-order valence-corrected chi connectivity index (χ0v) is 19.2. The van der Waals surface area contributed by atoms with Gasteiger partial charge in [0.2, 0.25) is 5.91 Å². The van der Waals surface area contributed by atoms with Crippen molar-refractivity contribution in [1.82, 2.24) is 9.88 Å². The van der Waals surface area contributed by atoms with Crippen LogP contribution in [0.5, 0.6) is 0 Å². The van der Waals surface area contributed by atoms with Crippen LogP contribution >= 0.6 is 11.8 Å². The highest BCUT2D eigenvalue weighted by molar-refractivity contribution is 7.99. The molecule has 0 aliphatic rings. The molecule has 4 nitrogen and oxygen atoms in total. The minimum Gasteiger partial charge on any atom is -0.326 e. The van der Waals surface area contributed by atoms with Crippen molar-refractivity contribution in [1.29, 1.82) is 0 Å². The number of nitrogens with one attached hydrogen (secondary N) is 1. The lowest BCUT2D eigenvalue weighted by Gasteiger charge is -2.22. The van der Waals surface area contributed by atoms with Crippen LogP contribution in [0.25, 0.3) is 0 Å². The number of pyridine rings is 1. The molecular formula is C26H31N3OS. The number of anilines is 1. The highest BCUT2D eigenvalue weighted by Gasteiger charge is 2.08. The summed E-state index contributed by atoms with van der Waals surface area (Å²) >= 11 is 1.75. The van der Waals surface area contributed by atoms with Crippen molar-refractivity contribution in [2.75, 3.05) is 17.6 Å². The van der Waals surface area contributed by atoms with Crippen LogP contribution in [0.3, 0.4) is 0 Å². The van der Waals surface area contributed by atoms with E-state index in [9.17, 15) is 4.79 Å². The fourth-order valence-corrected chi connectivity index (χ4v) is 4.09. The Bertz CT molecular complexity index is 927. The molecule has 0 saturated heterocycles. The van der Waals surface area contributed by atoms with E-state index in [4.69, 9.17) is 0 Å².